The molecular weight excluding hydrogens is 240 g/mol. The summed E-state index contributed by atoms with van der Waals surface area (Å²) in [7, 11) is 0. The summed E-state index contributed by atoms with van der Waals surface area (Å²) in [5.74, 6) is 0. The summed E-state index contributed by atoms with van der Waals surface area (Å²) in [6.07, 6.45) is 3.52. The molecule has 0 N–H and O–H groups in total. The minimum absolute atomic E-state index is 0.0507. The van der Waals surface area contributed by atoms with Gasteiger partial charge in [0.15, 0.2) is 0 Å². The van der Waals surface area contributed by atoms with Crippen molar-refractivity contribution in [2.75, 3.05) is 6.54 Å². The predicted octanol–water partition coefficient (Wildman–Crippen LogP) is 3.46. The largest absolute Gasteiger partial charge is 0.444 e. The Balaban J connectivity index is 2.15. The highest BCUT2D eigenvalue weighted by atomic mass is 16.6. The first-order valence-electron chi connectivity index (χ1n) is 6.79. The lowest BCUT2D eigenvalue weighted by atomic mass is 10.1. The highest BCUT2D eigenvalue weighted by Gasteiger charge is 2.33. The fourth-order valence-electron chi connectivity index (χ4n) is 2.36. The molecule has 1 atom stereocenters. The summed E-state index contributed by atoms with van der Waals surface area (Å²) in [6, 6.07) is 4.07. The number of pyridine rings is 1. The fraction of sp³-hybridized carbons (Fsp3) is 0.600. The van der Waals surface area contributed by atoms with Crippen LogP contribution in [0.2, 0.25) is 0 Å². The summed E-state index contributed by atoms with van der Waals surface area (Å²) in [5.41, 5.74) is 1.67. The van der Waals surface area contributed by atoms with Crippen LogP contribution in [0.4, 0.5) is 4.79 Å². The van der Waals surface area contributed by atoms with Crippen LogP contribution in [0.15, 0.2) is 18.3 Å². The second-order valence-corrected chi connectivity index (χ2v) is 6.09. The maximum Gasteiger partial charge on any atom is 0.410 e. The molecule has 1 fully saturated rings. The van der Waals surface area contributed by atoms with Gasteiger partial charge in [-0.25, -0.2) is 4.79 Å². The Morgan fingerprint density at radius 2 is 2.21 bits per heavy atom. The number of hydrogen-bond donors (Lipinski definition) is 0. The molecule has 0 aliphatic carbocycles. The average molecular weight is 262 g/mol. The lowest BCUT2D eigenvalue weighted by molar-refractivity contribution is 0.0221. The lowest BCUT2D eigenvalue weighted by Crippen LogP contribution is -2.36. The lowest BCUT2D eigenvalue weighted by Gasteiger charge is -2.28. The van der Waals surface area contributed by atoms with Gasteiger partial charge in [-0.05, 0) is 58.2 Å². The molecule has 104 valence electrons. The molecule has 1 amide bonds. The number of amides is 1. The molecule has 1 unspecified atom stereocenters. The monoisotopic (exact) mass is 262 g/mol. The zero-order chi connectivity index (χ0) is 14.0. The molecule has 2 heterocycles. The van der Waals surface area contributed by atoms with Crippen molar-refractivity contribution >= 4 is 6.09 Å². The smallest absolute Gasteiger partial charge is 0.410 e. The molecule has 1 aromatic heterocycles. The molecule has 19 heavy (non-hydrogen) atoms. The second kappa shape index (κ2) is 5.19. The van der Waals surface area contributed by atoms with Gasteiger partial charge in [0.05, 0.1) is 11.7 Å². The van der Waals surface area contributed by atoms with Crippen molar-refractivity contribution in [2.45, 2.75) is 52.2 Å². The first-order chi connectivity index (χ1) is 8.87. The molecular formula is C15H22N2O2. The summed E-state index contributed by atoms with van der Waals surface area (Å²) < 4.78 is 5.46. The van der Waals surface area contributed by atoms with Gasteiger partial charge in [-0.1, -0.05) is 0 Å². The van der Waals surface area contributed by atoms with Crippen LogP contribution in [-0.2, 0) is 4.74 Å². The van der Waals surface area contributed by atoms with E-state index in [-0.39, 0.29) is 12.1 Å². The van der Waals surface area contributed by atoms with E-state index >= 15 is 0 Å². The van der Waals surface area contributed by atoms with Crippen LogP contribution in [0.3, 0.4) is 0 Å². The third-order valence-electron chi connectivity index (χ3n) is 3.16. The minimum Gasteiger partial charge on any atom is -0.444 e. The van der Waals surface area contributed by atoms with E-state index in [1.165, 1.54) is 5.56 Å². The summed E-state index contributed by atoms with van der Waals surface area (Å²) >= 11 is 0. The van der Waals surface area contributed by atoms with Crippen LogP contribution in [0.5, 0.6) is 0 Å². The maximum atomic E-state index is 12.2. The third-order valence-corrected chi connectivity index (χ3v) is 3.16. The Morgan fingerprint density at radius 3 is 2.84 bits per heavy atom. The maximum absolute atomic E-state index is 12.2. The Kier molecular flexibility index (Phi) is 3.78. The number of aryl methyl sites for hydroxylation is 1. The van der Waals surface area contributed by atoms with Gasteiger partial charge < -0.3 is 4.74 Å². The molecule has 0 spiro atoms. The van der Waals surface area contributed by atoms with Crippen LogP contribution < -0.4 is 0 Å². The standard InChI is InChI=1S/C15H22N2O2/c1-11-7-8-16-12(10-11)13-6-5-9-17(13)14(18)19-15(2,3)4/h7-8,10,13H,5-6,9H2,1-4H3. The van der Waals surface area contributed by atoms with Crippen molar-refractivity contribution in [2.24, 2.45) is 0 Å². The molecule has 0 aromatic carbocycles. The zero-order valence-electron chi connectivity index (χ0n) is 12.1. The topological polar surface area (TPSA) is 42.4 Å². The van der Waals surface area contributed by atoms with Crippen molar-refractivity contribution in [3.05, 3.63) is 29.6 Å². The summed E-state index contributed by atoms with van der Waals surface area (Å²) in [5, 5.41) is 0. The van der Waals surface area contributed by atoms with E-state index in [0.717, 1.165) is 25.1 Å². The van der Waals surface area contributed by atoms with Gasteiger partial charge in [-0.15, -0.1) is 0 Å². The van der Waals surface area contributed by atoms with Crippen molar-refractivity contribution in [1.82, 2.24) is 9.88 Å². The van der Waals surface area contributed by atoms with E-state index in [4.69, 9.17) is 4.74 Å². The normalized spacial score (nSPS) is 19.6. The Labute approximate surface area is 114 Å². The van der Waals surface area contributed by atoms with Gasteiger partial charge in [-0.3, -0.25) is 9.88 Å². The fourth-order valence-corrected chi connectivity index (χ4v) is 2.36. The second-order valence-electron chi connectivity index (χ2n) is 6.09. The van der Waals surface area contributed by atoms with Crippen molar-refractivity contribution < 1.29 is 9.53 Å². The van der Waals surface area contributed by atoms with Gasteiger partial charge in [0.1, 0.15) is 5.60 Å². The molecule has 1 aliphatic rings. The summed E-state index contributed by atoms with van der Waals surface area (Å²) in [6.45, 7) is 8.45. The number of carbonyl (C=O) groups excluding carboxylic acids is 1. The van der Waals surface area contributed by atoms with Gasteiger partial charge in [0.25, 0.3) is 0 Å². The van der Waals surface area contributed by atoms with E-state index in [2.05, 4.69) is 4.98 Å². The van der Waals surface area contributed by atoms with Gasteiger partial charge >= 0.3 is 6.09 Å². The van der Waals surface area contributed by atoms with Crippen LogP contribution >= 0.6 is 0 Å². The van der Waals surface area contributed by atoms with Crippen LogP contribution in [0.1, 0.15) is 50.9 Å². The average Bonchev–Trinajstić information content (AvgIpc) is 2.75. The van der Waals surface area contributed by atoms with Crippen LogP contribution in [-0.4, -0.2) is 28.1 Å². The Morgan fingerprint density at radius 1 is 1.47 bits per heavy atom. The van der Waals surface area contributed by atoms with E-state index in [1.54, 1.807) is 11.1 Å². The van der Waals surface area contributed by atoms with Crippen molar-refractivity contribution in [1.29, 1.82) is 0 Å². The molecule has 4 nitrogen and oxygen atoms in total. The molecule has 4 heteroatoms. The highest BCUT2D eigenvalue weighted by Crippen LogP contribution is 2.32. The SMILES string of the molecule is Cc1ccnc(C2CCCN2C(=O)OC(C)(C)C)c1. The molecule has 0 saturated carbocycles. The quantitative estimate of drug-likeness (QED) is 0.778. The Bertz CT molecular complexity index is 465. The number of carbonyl (C=O) groups is 1. The van der Waals surface area contributed by atoms with E-state index in [9.17, 15) is 4.79 Å². The van der Waals surface area contributed by atoms with Crippen LogP contribution in [0, 0.1) is 6.92 Å². The number of likely N-dealkylation sites (tertiary alicyclic amines) is 1. The van der Waals surface area contributed by atoms with Crippen molar-refractivity contribution in [3.63, 3.8) is 0 Å². The predicted molar refractivity (Wildman–Crippen MR) is 73.9 cm³/mol. The number of hydrogen-bond acceptors (Lipinski definition) is 3. The number of aromatic nitrogens is 1. The van der Waals surface area contributed by atoms with E-state index in [1.807, 2.05) is 39.8 Å². The molecule has 1 aliphatic heterocycles. The Hall–Kier alpha value is -1.58. The zero-order valence-corrected chi connectivity index (χ0v) is 12.1. The third kappa shape index (κ3) is 3.46. The molecule has 1 aromatic rings. The molecule has 0 bridgehead atoms. The number of ether oxygens (including phenoxy) is 1. The van der Waals surface area contributed by atoms with Gasteiger partial charge in [-0.2, -0.15) is 0 Å². The number of rotatable bonds is 1. The summed E-state index contributed by atoms with van der Waals surface area (Å²) in [4.78, 5) is 18.4. The van der Waals surface area contributed by atoms with Gasteiger partial charge in [0, 0.05) is 12.7 Å². The van der Waals surface area contributed by atoms with E-state index in [0.29, 0.717) is 0 Å². The molecule has 0 radical (unpaired) electrons. The molecule has 2 rings (SSSR count). The van der Waals surface area contributed by atoms with Crippen molar-refractivity contribution in [3.8, 4) is 0 Å². The first-order valence-corrected chi connectivity index (χ1v) is 6.79. The number of nitrogens with zero attached hydrogens (tertiary/aromatic N) is 2. The minimum atomic E-state index is -0.454. The van der Waals surface area contributed by atoms with Crippen LogP contribution in [0.25, 0.3) is 0 Å². The highest BCUT2D eigenvalue weighted by molar-refractivity contribution is 5.69. The van der Waals surface area contributed by atoms with E-state index < -0.39 is 5.60 Å². The molecule has 1 saturated heterocycles. The van der Waals surface area contributed by atoms with Gasteiger partial charge in [0.2, 0.25) is 0 Å². The first kappa shape index (κ1) is 13.8.